The number of likely N-dealkylation sites (tertiary alicyclic amines) is 1. The molecule has 1 aliphatic heterocycles. The molecule has 5 nitrogen and oxygen atoms in total. The van der Waals surface area contributed by atoms with Gasteiger partial charge in [-0.1, -0.05) is 50.2 Å². The van der Waals surface area contributed by atoms with Crippen LogP contribution in [0.1, 0.15) is 56.2 Å². The average Bonchev–Trinajstić information content (AvgIpc) is 3.66. The minimum Gasteiger partial charge on any atom is -0.489 e. The molecule has 0 spiro atoms. The van der Waals surface area contributed by atoms with Crippen LogP contribution in [0.15, 0.2) is 48.5 Å². The second-order valence-electron chi connectivity index (χ2n) is 10.9. The van der Waals surface area contributed by atoms with Crippen LogP contribution in [0.5, 0.6) is 5.75 Å². The Morgan fingerprint density at radius 1 is 1.24 bits per heavy atom. The molecule has 34 heavy (non-hydrogen) atoms. The van der Waals surface area contributed by atoms with E-state index in [2.05, 4.69) is 49.1 Å². The van der Waals surface area contributed by atoms with Crippen LogP contribution in [-0.2, 0) is 23.2 Å². The molecule has 2 fully saturated rings. The zero-order valence-electron chi connectivity index (χ0n) is 20.5. The lowest BCUT2D eigenvalue weighted by Gasteiger charge is -2.59. The molecular formula is C29H38N2O3. The standard InChI is InChI=1S/C29H38N2O3/c1-19-25-14-22-10-11-23(34-18-21-6-4-3-5-7-21)15-24(22)29(19,2)16-26(28(30)27(33)12-13-32)31(25)17-20-8-9-20/h3-7,10-11,15,19-20,25-26,28,32H,8-9,12-14,16-18,30H2,1-2H3/t19-,25+,26?,28?,29+/m0/s1. The number of carbonyl (C=O) groups is 1. The first-order valence-corrected chi connectivity index (χ1v) is 12.9. The fourth-order valence-corrected chi connectivity index (χ4v) is 6.36. The molecule has 182 valence electrons. The lowest BCUT2D eigenvalue weighted by atomic mass is 9.56. The second kappa shape index (κ2) is 9.44. The normalized spacial score (nSPS) is 29.4. The first-order chi connectivity index (χ1) is 16.4. The number of carbonyl (C=O) groups excluding carboxylic acids is 1. The van der Waals surface area contributed by atoms with E-state index in [0.717, 1.165) is 36.6 Å². The van der Waals surface area contributed by atoms with E-state index in [0.29, 0.717) is 18.6 Å². The molecule has 2 aromatic carbocycles. The summed E-state index contributed by atoms with van der Waals surface area (Å²) in [6.07, 6.45) is 4.53. The van der Waals surface area contributed by atoms with Crippen LogP contribution in [0, 0.1) is 11.8 Å². The molecule has 5 heteroatoms. The monoisotopic (exact) mass is 462 g/mol. The van der Waals surface area contributed by atoms with Gasteiger partial charge in [-0.05, 0) is 71.8 Å². The highest BCUT2D eigenvalue weighted by atomic mass is 16.5. The minimum atomic E-state index is -0.556. The van der Waals surface area contributed by atoms with Gasteiger partial charge in [-0.25, -0.2) is 0 Å². The third kappa shape index (κ3) is 4.41. The highest BCUT2D eigenvalue weighted by Gasteiger charge is 2.54. The maximum absolute atomic E-state index is 12.8. The molecule has 5 rings (SSSR count). The number of hydrogen-bond donors (Lipinski definition) is 2. The summed E-state index contributed by atoms with van der Waals surface area (Å²) < 4.78 is 6.19. The Morgan fingerprint density at radius 3 is 2.71 bits per heavy atom. The van der Waals surface area contributed by atoms with E-state index in [9.17, 15) is 9.90 Å². The number of nitrogens with zero attached hydrogens (tertiary/aromatic N) is 1. The molecule has 2 unspecified atom stereocenters. The summed E-state index contributed by atoms with van der Waals surface area (Å²) in [5.41, 5.74) is 10.4. The molecule has 1 heterocycles. The van der Waals surface area contributed by atoms with E-state index in [1.54, 1.807) is 0 Å². The number of benzene rings is 2. The van der Waals surface area contributed by atoms with Crippen molar-refractivity contribution in [2.75, 3.05) is 13.2 Å². The Labute approximate surface area is 203 Å². The van der Waals surface area contributed by atoms with Crippen molar-refractivity contribution in [1.82, 2.24) is 4.90 Å². The summed E-state index contributed by atoms with van der Waals surface area (Å²) in [5, 5.41) is 9.35. The number of hydrogen-bond acceptors (Lipinski definition) is 5. The highest BCUT2D eigenvalue weighted by Crippen LogP contribution is 2.52. The summed E-state index contributed by atoms with van der Waals surface area (Å²) in [4.78, 5) is 15.4. The maximum atomic E-state index is 12.8. The van der Waals surface area contributed by atoms with E-state index in [1.807, 2.05) is 18.2 Å². The Morgan fingerprint density at radius 2 is 2.00 bits per heavy atom. The SMILES string of the molecule is C[C@H]1[C@H]2Cc3ccc(OCc4ccccc4)cc3[C@]1(C)CC(C(N)C(=O)CCO)N2CC1CC1. The summed E-state index contributed by atoms with van der Waals surface area (Å²) >= 11 is 0. The van der Waals surface area contributed by atoms with Crippen molar-refractivity contribution in [2.24, 2.45) is 17.6 Å². The zero-order chi connectivity index (χ0) is 23.9. The summed E-state index contributed by atoms with van der Waals surface area (Å²) in [7, 11) is 0. The number of fused-ring (bicyclic) bond motifs is 4. The van der Waals surface area contributed by atoms with Gasteiger partial charge >= 0.3 is 0 Å². The number of piperidine rings is 1. The molecule has 3 N–H and O–H groups in total. The van der Waals surface area contributed by atoms with Crippen LogP contribution >= 0.6 is 0 Å². The molecule has 0 amide bonds. The van der Waals surface area contributed by atoms with Gasteiger partial charge in [-0.15, -0.1) is 0 Å². The van der Waals surface area contributed by atoms with Crippen molar-refractivity contribution in [3.05, 3.63) is 65.2 Å². The smallest absolute Gasteiger partial charge is 0.153 e. The first kappa shape index (κ1) is 23.5. The van der Waals surface area contributed by atoms with Gasteiger partial charge in [0.25, 0.3) is 0 Å². The van der Waals surface area contributed by atoms with Gasteiger partial charge in [-0.2, -0.15) is 0 Å². The average molecular weight is 463 g/mol. The van der Waals surface area contributed by atoms with E-state index in [1.165, 1.54) is 24.0 Å². The van der Waals surface area contributed by atoms with Crippen LogP contribution in [0.25, 0.3) is 0 Å². The lowest BCUT2D eigenvalue weighted by molar-refractivity contribution is -0.125. The predicted molar refractivity (Wildman–Crippen MR) is 134 cm³/mol. The van der Waals surface area contributed by atoms with Crippen molar-refractivity contribution in [3.63, 3.8) is 0 Å². The van der Waals surface area contributed by atoms with Crippen LogP contribution in [0.4, 0.5) is 0 Å². The summed E-state index contributed by atoms with van der Waals surface area (Å²) in [6, 6.07) is 16.7. The molecule has 3 aliphatic rings. The fraction of sp³-hybridized carbons (Fsp3) is 0.552. The topological polar surface area (TPSA) is 75.8 Å². The maximum Gasteiger partial charge on any atom is 0.153 e. The van der Waals surface area contributed by atoms with Crippen LogP contribution in [0.3, 0.4) is 0 Å². The predicted octanol–water partition coefficient (Wildman–Crippen LogP) is 3.85. The number of nitrogens with two attached hydrogens (primary N) is 1. The van der Waals surface area contributed by atoms with Gasteiger partial charge < -0.3 is 15.6 Å². The molecule has 1 saturated heterocycles. The molecule has 2 bridgehead atoms. The number of aliphatic hydroxyl groups excluding tert-OH is 1. The largest absolute Gasteiger partial charge is 0.489 e. The van der Waals surface area contributed by atoms with Gasteiger partial charge in [-0.3, -0.25) is 9.69 Å². The van der Waals surface area contributed by atoms with Crippen molar-refractivity contribution < 1.29 is 14.6 Å². The molecule has 0 aromatic heterocycles. The number of ketones is 1. The van der Waals surface area contributed by atoms with Crippen LogP contribution in [-0.4, -0.2) is 47.1 Å². The minimum absolute atomic E-state index is 0.00731. The molecule has 2 aromatic rings. The third-order valence-electron chi connectivity index (χ3n) is 8.75. The van der Waals surface area contributed by atoms with Gasteiger partial charge in [0.2, 0.25) is 0 Å². The summed E-state index contributed by atoms with van der Waals surface area (Å²) in [6.45, 7) is 6.18. The Balaban J connectivity index is 1.44. The molecule has 5 atom stereocenters. The van der Waals surface area contributed by atoms with E-state index < -0.39 is 6.04 Å². The molecule has 2 aliphatic carbocycles. The Bertz CT molecular complexity index is 1020. The van der Waals surface area contributed by atoms with Crippen molar-refractivity contribution >= 4 is 5.78 Å². The van der Waals surface area contributed by atoms with Gasteiger partial charge in [0.15, 0.2) is 5.78 Å². The number of ether oxygens (including phenoxy) is 1. The first-order valence-electron chi connectivity index (χ1n) is 12.9. The Hall–Kier alpha value is -2.21. The third-order valence-corrected chi connectivity index (χ3v) is 8.75. The number of Topliss-reactive ketones (excluding diaryl/α,β-unsaturated/α-hetero) is 1. The van der Waals surface area contributed by atoms with Gasteiger partial charge in [0, 0.05) is 25.0 Å². The lowest BCUT2D eigenvalue weighted by Crippen LogP contribution is -2.67. The zero-order valence-corrected chi connectivity index (χ0v) is 20.5. The van der Waals surface area contributed by atoms with Crippen molar-refractivity contribution in [2.45, 2.75) is 76.1 Å². The quantitative estimate of drug-likeness (QED) is 0.592. The molecule has 1 saturated carbocycles. The Kier molecular flexibility index (Phi) is 6.54. The van der Waals surface area contributed by atoms with Crippen molar-refractivity contribution in [1.29, 1.82) is 0 Å². The van der Waals surface area contributed by atoms with Gasteiger partial charge in [0.1, 0.15) is 12.4 Å². The molecule has 0 radical (unpaired) electrons. The fourth-order valence-electron chi connectivity index (χ4n) is 6.36. The van der Waals surface area contributed by atoms with Crippen LogP contribution in [0.2, 0.25) is 0 Å². The highest BCUT2D eigenvalue weighted by molar-refractivity contribution is 5.84. The summed E-state index contributed by atoms with van der Waals surface area (Å²) in [5.74, 6) is 2.06. The van der Waals surface area contributed by atoms with E-state index in [-0.39, 0.29) is 30.3 Å². The van der Waals surface area contributed by atoms with E-state index in [4.69, 9.17) is 10.5 Å². The van der Waals surface area contributed by atoms with Gasteiger partial charge in [0.05, 0.1) is 12.6 Å². The van der Waals surface area contributed by atoms with E-state index >= 15 is 0 Å². The second-order valence-corrected chi connectivity index (χ2v) is 10.9. The van der Waals surface area contributed by atoms with Crippen molar-refractivity contribution in [3.8, 4) is 5.75 Å². The molecular weight excluding hydrogens is 424 g/mol. The number of aliphatic hydroxyl groups is 1. The van der Waals surface area contributed by atoms with Crippen LogP contribution < -0.4 is 10.5 Å². The number of rotatable bonds is 9.